The topological polar surface area (TPSA) is 76.1 Å². The van der Waals surface area contributed by atoms with Crippen LogP contribution in [0.15, 0.2) is 48.5 Å². The van der Waals surface area contributed by atoms with Gasteiger partial charge in [0.2, 0.25) is 5.91 Å². The van der Waals surface area contributed by atoms with Crippen LogP contribution in [0.4, 0.5) is 5.69 Å². The van der Waals surface area contributed by atoms with Gasteiger partial charge in [0.1, 0.15) is 11.5 Å². The zero-order valence-corrected chi connectivity index (χ0v) is 14.9. The molecular formula is C20H21NO5. The Morgan fingerprint density at radius 3 is 2.35 bits per heavy atom. The number of carbonyl (C=O) groups excluding carboxylic acids is 1. The number of amides is 1. The lowest BCUT2D eigenvalue weighted by molar-refractivity contribution is -0.152. The Morgan fingerprint density at radius 2 is 1.77 bits per heavy atom. The SMILES string of the molecule is COc1ccc(C2CN(c3ccccc3OC)C(=O)[C@]2(C)C(=O)O)cc1. The van der Waals surface area contributed by atoms with Gasteiger partial charge in [0.15, 0.2) is 5.41 Å². The smallest absolute Gasteiger partial charge is 0.319 e. The van der Waals surface area contributed by atoms with E-state index < -0.39 is 23.2 Å². The second-order valence-corrected chi connectivity index (χ2v) is 6.42. The van der Waals surface area contributed by atoms with Crippen LogP contribution in [0.5, 0.6) is 11.5 Å². The molecule has 1 amide bonds. The molecule has 2 atom stereocenters. The number of aliphatic carboxylic acids is 1. The van der Waals surface area contributed by atoms with Gasteiger partial charge in [-0.2, -0.15) is 0 Å². The summed E-state index contributed by atoms with van der Waals surface area (Å²) in [5.41, 5.74) is -0.208. The first kappa shape index (κ1) is 17.8. The minimum absolute atomic E-state index is 0.258. The molecule has 0 spiro atoms. The van der Waals surface area contributed by atoms with E-state index in [0.717, 1.165) is 5.56 Å². The number of carboxylic acid groups (broad SMARTS) is 1. The zero-order chi connectivity index (χ0) is 18.9. The second kappa shape index (κ2) is 6.71. The summed E-state index contributed by atoms with van der Waals surface area (Å²) in [4.78, 5) is 26.7. The van der Waals surface area contributed by atoms with Gasteiger partial charge in [-0.15, -0.1) is 0 Å². The molecule has 1 aliphatic rings. The van der Waals surface area contributed by atoms with Crippen molar-refractivity contribution in [2.24, 2.45) is 5.41 Å². The molecule has 0 bridgehead atoms. The van der Waals surface area contributed by atoms with E-state index in [4.69, 9.17) is 9.47 Å². The quantitative estimate of drug-likeness (QED) is 0.835. The lowest BCUT2D eigenvalue weighted by Crippen LogP contribution is -2.40. The van der Waals surface area contributed by atoms with E-state index in [2.05, 4.69) is 0 Å². The summed E-state index contributed by atoms with van der Waals surface area (Å²) in [6, 6.07) is 14.3. The largest absolute Gasteiger partial charge is 0.497 e. The highest BCUT2D eigenvalue weighted by Crippen LogP contribution is 2.47. The van der Waals surface area contributed by atoms with Gasteiger partial charge in [0.05, 0.1) is 19.9 Å². The highest BCUT2D eigenvalue weighted by Gasteiger charge is 2.57. The molecule has 0 aliphatic carbocycles. The third-order valence-electron chi connectivity index (χ3n) is 5.09. The van der Waals surface area contributed by atoms with Crippen LogP contribution < -0.4 is 14.4 Å². The fraction of sp³-hybridized carbons (Fsp3) is 0.300. The third kappa shape index (κ3) is 2.67. The van der Waals surface area contributed by atoms with E-state index in [1.807, 2.05) is 12.1 Å². The highest BCUT2D eigenvalue weighted by molar-refractivity contribution is 6.13. The molecule has 0 aromatic heterocycles. The number of rotatable bonds is 5. The number of methoxy groups -OCH3 is 2. The van der Waals surface area contributed by atoms with Crippen molar-refractivity contribution in [3.63, 3.8) is 0 Å². The van der Waals surface area contributed by atoms with E-state index in [0.29, 0.717) is 17.2 Å². The van der Waals surface area contributed by atoms with E-state index in [-0.39, 0.29) is 6.54 Å². The van der Waals surface area contributed by atoms with Crippen LogP contribution in [-0.4, -0.2) is 37.7 Å². The van der Waals surface area contributed by atoms with Crippen molar-refractivity contribution in [3.8, 4) is 11.5 Å². The third-order valence-corrected chi connectivity index (χ3v) is 5.09. The van der Waals surface area contributed by atoms with E-state index >= 15 is 0 Å². The van der Waals surface area contributed by atoms with Crippen molar-refractivity contribution in [1.82, 2.24) is 0 Å². The molecule has 1 N–H and O–H groups in total. The number of carboxylic acids is 1. The van der Waals surface area contributed by atoms with Crippen molar-refractivity contribution in [2.75, 3.05) is 25.7 Å². The van der Waals surface area contributed by atoms with Crippen molar-refractivity contribution >= 4 is 17.6 Å². The molecule has 3 rings (SSSR count). The Hall–Kier alpha value is -3.02. The summed E-state index contributed by atoms with van der Waals surface area (Å²) < 4.78 is 10.5. The Morgan fingerprint density at radius 1 is 1.12 bits per heavy atom. The predicted molar refractivity (Wildman–Crippen MR) is 96.8 cm³/mol. The average molecular weight is 355 g/mol. The maximum atomic E-state index is 13.1. The summed E-state index contributed by atoms with van der Waals surface area (Å²) in [5, 5.41) is 9.86. The lowest BCUT2D eigenvalue weighted by atomic mass is 9.75. The normalized spacial score (nSPS) is 22.3. The molecule has 6 heteroatoms. The summed E-state index contributed by atoms with van der Waals surface area (Å²) in [7, 11) is 3.09. The molecule has 0 saturated carbocycles. The number of nitrogens with zero attached hydrogens (tertiary/aromatic N) is 1. The van der Waals surface area contributed by atoms with Gasteiger partial charge in [-0.1, -0.05) is 24.3 Å². The average Bonchev–Trinajstić information content (AvgIpc) is 2.94. The minimum atomic E-state index is -1.56. The van der Waals surface area contributed by atoms with Gasteiger partial charge < -0.3 is 19.5 Å². The maximum absolute atomic E-state index is 13.1. The van der Waals surface area contributed by atoms with Gasteiger partial charge in [-0.25, -0.2) is 0 Å². The minimum Gasteiger partial charge on any atom is -0.497 e. The molecular weight excluding hydrogens is 334 g/mol. The van der Waals surface area contributed by atoms with Crippen LogP contribution in [-0.2, 0) is 9.59 Å². The molecule has 1 saturated heterocycles. The molecule has 1 fully saturated rings. The van der Waals surface area contributed by atoms with Gasteiger partial charge >= 0.3 is 5.97 Å². The lowest BCUT2D eigenvalue weighted by Gasteiger charge is -2.24. The van der Waals surface area contributed by atoms with Crippen LogP contribution in [0.2, 0.25) is 0 Å². The van der Waals surface area contributed by atoms with Gasteiger partial charge in [0.25, 0.3) is 0 Å². The summed E-state index contributed by atoms with van der Waals surface area (Å²) in [6.45, 7) is 1.75. The highest BCUT2D eigenvalue weighted by atomic mass is 16.5. The number of benzene rings is 2. The first-order valence-corrected chi connectivity index (χ1v) is 8.25. The van der Waals surface area contributed by atoms with Crippen LogP contribution >= 0.6 is 0 Å². The zero-order valence-electron chi connectivity index (χ0n) is 14.9. The number of anilines is 1. The van der Waals surface area contributed by atoms with Crippen LogP contribution in [0.25, 0.3) is 0 Å². The molecule has 1 heterocycles. The molecule has 26 heavy (non-hydrogen) atoms. The fourth-order valence-corrected chi connectivity index (χ4v) is 3.45. The van der Waals surface area contributed by atoms with E-state index in [1.54, 1.807) is 43.5 Å². The molecule has 1 unspecified atom stereocenters. The molecule has 1 aliphatic heterocycles. The number of hydrogen-bond acceptors (Lipinski definition) is 4. The Balaban J connectivity index is 2.06. The molecule has 0 radical (unpaired) electrons. The van der Waals surface area contributed by atoms with Gasteiger partial charge in [-0.3, -0.25) is 9.59 Å². The molecule has 2 aromatic carbocycles. The first-order chi connectivity index (χ1) is 12.4. The van der Waals surface area contributed by atoms with Crippen molar-refractivity contribution in [3.05, 3.63) is 54.1 Å². The maximum Gasteiger partial charge on any atom is 0.319 e. The molecule has 6 nitrogen and oxygen atoms in total. The first-order valence-electron chi connectivity index (χ1n) is 8.25. The Kier molecular flexibility index (Phi) is 4.59. The summed E-state index contributed by atoms with van der Waals surface area (Å²) >= 11 is 0. The number of para-hydroxylation sites is 2. The van der Waals surface area contributed by atoms with Gasteiger partial charge in [-0.05, 0) is 36.8 Å². The Bertz CT molecular complexity index is 832. The number of ether oxygens (including phenoxy) is 2. The van der Waals surface area contributed by atoms with Crippen molar-refractivity contribution < 1.29 is 24.2 Å². The number of carbonyl (C=O) groups is 2. The summed E-state index contributed by atoms with van der Waals surface area (Å²) in [6.07, 6.45) is 0. The van der Waals surface area contributed by atoms with Crippen molar-refractivity contribution in [1.29, 1.82) is 0 Å². The number of hydrogen-bond donors (Lipinski definition) is 1. The monoisotopic (exact) mass is 355 g/mol. The second-order valence-electron chi connectivity index (χ2n) is 6.42. The standard InChI is InChI=1S/C20H21NO5/c1-20(19(23)24)15(13-8-10-14(25-2)11-9-13)12-21(18(20)22)16-6-4-5-7-17(16)26-3/h4-11,15H,12H2,1-3H3,(H,23,24)/t15?,20-/m1/s1. The van der Waals surface area contributed by atoms with Crippen LogP contribution in [0.1, 0.15) is 18.4 Å². The Labute approximate surface area is 152 Å². The molecule has 2 aromatic rings. The van der Waals surface area contributed by atoms with Gasteiger partial charge in [0, 0.05) is 12.5 Å². The predicted octanol–water partition coefficient (Wildman–Crippen LogP) is 2.93. The fourth-order valence-electron chi connectivity index (χ4n) is 3.45. The van der Waals surface area contributed by atoms with Crippen LogP contribution in [0.3, 0.4) is 0 Å². The van der Waals surface area contributed by atoms with E-state index in [1.165, 1.54) is 18.9 Å². The van der Waals surface area contributed by atoms with E-state index in [9.17, 15) is 14.7 Å². The van der Waals surface area contributed by atoms with Crippen molar-refractivity contribution in [2.45, 2.75) is 12.8 Å². The van der Waals surface area contributed by atoms with Crippen LogP contribution in [0, 0.1) is 5.41 Å². The summed E-state index contributed by atoms with van der Waals surface area (Å²) in [5.74, 6) is -0.875. The molecule has 136 valence electrons.